The molecule has 0 spiro atoms. The molecular formula is C93H182O17P2. The van der Waals surface area contributed by atoms with Crippen molar-refractivity contribution in [3.63, 3.8) is 0 Å². The number of ether oxygens (including phenoxy) is 4. The van der Waals surface area contributed by atoms with E-state index in [-0.39, 0.29) is 25.7 Å². The molecule has 0 saturated carbocycles. The van der Waals surface area contributed by atoms with Crippen LogP contribution in [-0.2, 0) is 65.4 Å². The van der Waals surface area contributed by atoms with Crippen LogP contribution in [0.1, 0.15) is 516 Å². The molecule has 3 N–H and O–H groups in total. The monoisotopic (exact) mass is 1630 g/mol. The summed E-state index contributed by atoms with van der Waals surface area (Å²) in [6.07, 6.45) is 84.8. The Bertz CT molecular complexity index is 2100. The van der Waals surface area contributed by atoms with Gasteiger partial charge in [0, 0.05) is 25.7 Å². The standard InChI is InChI=1S/C93H182O17P2/c1-5-9-13-17-21-25-29-33-36-39-42-43-46-49-52-56-60-64-68-72-76-80-93(98)110-89(84-104-91(96)78-74-70-66-62-58-54-50-47-44-40-37-34-30-26-22-18-14-10-6-2)86-108-112(101,102)106-82-87(94)81-105-111(99,100)107-85-88(83-103-90(95)77-73-69-65-61-57-53-32-28-24-20-16-12-8-4)109-92(97)79-75-71-67-63-59-55-51-48-45-41-38-35-31-27-23-19-15-11-7-3/h87-89,94H,5-86H2,1-4H3,(H,99,100)(H,101,102)/t87-,88+,89+/m0/s1. The summed E-state index contributed by atoms with van der Waals surface area (Å²) in [7, 11) is -9.94. The van der Waals surface area contributed by atoms with Crippen LogP contribution in [0.3, 0.4) is 0 Å². The molecule has 0 aromatic carbocycles. The predicted octanol–water partition coefficient (Wildman–Crippen LogP) is 29.3. The molecule has 0 rings (SSSR count). The first-order chi connectivity index (χ1) is 54.7. The number of phosphoric ester groups is 2. The Morgan fingerprint density at radius 1 is 0.214 bits per heavy atom. The topological polar surface area (TPSA) is 237 Å². The Hall–Kier alpha value is -1.94. The Kier molecular flexibility index (Phi) is 85.4. The van der Waals surface area contributed by atoms with Crippen molar-refractivity contribution in [3.05, 3.63) is 0 Å². The summed E-state index contributed by atoms with van der Waals surface area (Å²) in [5, 5.41) is 10.7. The van der Waals surface area contributed by atoms with Crippen LogP contribution in [0, 0.1) is 0 Å². The molecule has 0 radical (unpaired) electrons. The van der Waals surface area contributed by atoms with E-state index < -0.39 is 97.5 Å². The van der Waals surface area contributed by atoms with E-state index in [0.29, 0.717) is 25.7 Å². The molecule has 2 unspecified atom stereocenters. The van der Waals surface area contributed by atoms with Crippen LogP contribution in [-0.4, -0.2) is 96.7 Å². The van der Waals surface area contributed by atoms with Crippen molar-refractivity contribution in [2.75, 3.05) is 39.6 Å². The average Bonchev–Trinajstić information content (AvgIpc) is 0.905. The van der Waals surface area contributed by atoms with Crippen molar-refractivity contribution in [2.24, 2.45) is 0 Å². The summed E-state index contributed by atoms with van der Waals surface area (Å²) in [6, 6.07) is 0. The smallest absolute Gasteiger partial charge is 0.462 e. The lowest BCUT2D eigenvalue weighted by Gasteiger charge is -2.21. The van der Waals surface area contributed by atoms with Gasteiger partial charge in [-0.3, -0.25) is 37.3 Å². The quantitative estimate of drug-likeness (QED) is 0.0222. The van der Waals surface area contributed by atoms with Gasteiger partial charge in [0.2, 0.25) is 0 Å². The van der Waals surface area contributed by atoms with Crippen molar-refractivity contribution in [2.45, 2.75) is 534 Å². The molecule has 0 amide bonds. The second-order valence-electron chi connectivity index (χ2n) is 33.4. The number of esters is 4. The van der Waals surface area contributed by atoms with Crippen LogP contribution >= 0.6 is 15.6 Å². The predicted molar refractivity (Wildman–Crippen MR) is 465 cm³/mol. The van der Waals surface area contributed by atoms with Crippen molar-refractivity contribution in [1.82, 2.24) is 0 Å². The molecule has 0 aliphatic heterocycles. The number of aliphatic hydroxyl groups is 1. The zero-order valence-corrected chi connectivity index (χ0v) is 75.5. The van der Waals surface area contributed by atoms with Crippen molar-refractivity contribution in [3.8, 4) is 0 Å². The molecule has 0 heterocycles. The van der Waals surface area contributed by atoms with E-state index in [1.165, 1.54) is 347 Å². The number of carbonyl (C=O) groups excluding carboxylic acids is 4. The number of phosphoric acid groups is 2. The molecule has 0 saturated heterocycles. The number of unbranched alkanes of at least 4 members (excludes halogenated alkanes) is 68. The number of carbonyl (C=O) groups is 4. The van der Waals surface area contributed by atoms with E-state index in [4.69, 9.17) is 37.0 Å². The minimum Gasteiger partial charge on any atom is -0.462 e. The molecule has 666 valence electrons. The van der Waals surface area contributed by atoms with Crippen LogP contribution in [0.25, 0.3) is 0 Å². The van der Waals surface area contributed by atoms with Gasteiger partial charge in [0.25, 0.3) is 0 Å². The first kappa shape index (κ1) is 110. The number of hydrogen-bond donors (Lipinski definition) is 3. The minimum atomic E-state index is -4.97. The van der Waals surface area contributed by atoms with Crippen LogP contribution in [0.5, 0.6) is 0 Å². The third-order valence-electron chi connectivity index (χ3n) is 22.1. The third kappa shape index (κ3) is 85.9. The highest BCUT2D eigenvalue weighted by atomic mass is 31.2. The van der Waals surface area contributed by atoms with Gasteiger partial charge in [-0.05, 0) is 25.7 Å². The second kappa shape index (κ2) is 86.9. The summed E-state index contributed by atoms with van der Waals surface area (Å²) in [4.78, 5) is 73.5. The molecular weight excluding hydrogens is 1450 g/mol. The number of aliphatic hydroxyl groups excluding tert-OH is 1. The second-order valence-corrected chi connectivity index (χ2v) is 36.3. The zero-order valence-electron chi connectivity index (χ0n) is 73.7. The Morgan fingerprint density at radius 2 is 0.357 bits per heavy atom. The Balaban J connectivity index is 5.25. The van der Waals surface area contributed by atoms with E-state index >= 15 is 0 Å². The fourth-order valence-electron chi connectivity index (χ4n) is 14.8. The molecule has 5 atom stereocenters. The molecule has 112 heavy (non-hydrogen) atoms. The van der Waals surface area contributed by atoms with Gasteiger partial charge >= 0.3 is 39.5 Å². The maximum absolute atomic E-state index is 13.2. The van der Waals surface area contributed by atoms with E-state index in [0.717, 1.165) is 89.9 Å². The van der Waals surface area contributed by atoms with E-state index in [1.54, 1.807) is 0 Å². The van der Waals surface area contributed by atoms with Crippen molar-refractivity contribution >= 4 is 39.5 Å². The van der Waals surface area contributed by atoms with Crippen LogP contribution < -0.4 is 0 Å². The van der Waals surface area contributed by atoms with E-state index in [9.17, 15) is 43.2 Å². The normalized spacial score (nSPS) is 13.6. The summed E-state index contributed by atoms with van der Waals surface area (Å²) in [5.74, 6) is -2.09. The van der Waals surface area contributed by atoms with Gasteiger partial charge in [0.05, 0.1) is 26.4 Å². The third-order valence-corrected chi connectivity index (χ3v) is 24.0. The largest absolute Gasteiger partial charge is 0.472 e. The van der Waals surface area contributed by atoms with Crippen molar-refractivity contribution in [1.29, 1.82) is 0 Å². The lowest BCUT2D eigenvalue weighted by atomic mass is 10.0. The summed E-state index contributed by atoms with van der Waals surface area (Å²) < 4.78 is 69.2. The van der Waals surface area contributed by atoms with Gasteiger partial charge in [-0.25, -0.2) is 9.13 Å². The van der Waals surface area contributed by atoms with Crippen LogP contribution in [0.4, 0.5) is 0 Å². The fourth-order valence-corrected chi connectivity index (χ4v) is 16.3. The highest BCUT2D eigenvalue weighted by Crippen LogP contribution is 2.45. The van der Waals surface area contributed by atoms with E-state index in [2.05, 4.69) is 27.7 Å². The first-order valence-corrected chi connectivity index (χ1v) is 51.3. The summed E-state index contributed by atoms with van der Waals surface area (Å²) >= 11 is 0. The zero-order chi connectivity index (χ0) is 81.7. The molecule has 19 heteroatoms. The molecule has 0 bridgehead atoms. The molecule has 17 nitrogen and oxygen atoms in total. The highest BCUT2D eigenvalue weighted by Gasteiger charge is 2.31. The fraction of sp³-hybridized carbons (Fsp3) is 0.957. The van der Waals surface area contributed by atoms with Gasteiger partial charge in [-0.2, -0.15) is 0 Å². The maximum atomic E-state index is 13.2. The van der Waals surface area contributed by atoms with E-state index in [1.807, 2.05) is 0 Å². The Morgan fingerprint density at radius 3 is 0.527 bits per heavy atom. The number of hydrogen-bond acceptors (Lipinski definition) is 15. The maximum Gasteiger partial charge on any atom is 0.472 e. The Labute approximate surface area is 689 Å². The average molecular weight is 1630 g/mol. The first-order valence-electron chi connectivity index (χ1n) is 48.3. The SMILES string of the molecule is CCCCCCCCCCCCCCCCCCCCCCCC(=O)O[C@H](COC(=O)CCCCCCCCCCCCCCCCCCCCC)COP(=O)(O)OC[C@@H](O)COP(=O)(O)OC[C@@H](COC(=O)CCCCCCCCCCCCCCC)OC(=O)CCCCCCCCCCCCCCCCCCCCC. The lowest BCUT2D eigenvalue weighted by molar-refractivity contribution is -0.161. The number of rotatable bonds is 94. The molecule has 0 aromatic heterocycles. The van der Waals surface area contributed by atoms with Crippen LogP contribution in [0.2, 0.25) is 0 Å². The summed E-state index contributed by atoms with van der Waals surface area (Å²) in [5.41, 5.74) is 0. The highest BCUT2D eigenvalue weighted by molar-refractivity contribution is 7.47. The van der Waals surface area contributed by atoms with Gasteiger partial charge in [0.1, 0.15) is 19.3 Å². The van der Waals surface area contributed by atoms with Gasteiger partial charge in [-0.15, -0.1) is 0 Å². The molecule has 0 aromatic rings. The molecule has 0 aliphatic rings. The van der Waals surface area contributed by atoms with Gasteiger partial charge in [-0.1, -0.05) is 464 Å². The summed E-state index contributed by atoms with van der Waals surface area (Å²) in [6.45, 7) is 5.11. The minimum absolute atomic E-state index is 0.110. The van der Waals surface area contributed by atoms with Gasteiger partial charge in [0.15, 0.2) is 12.2 Å². The lowest BCUT2D eigenvalue weighted by Crippen LogP contribution is -2.30. The van der Waals surface area contributed by atoms with Crippen molar-refractivity contribution < 1.29 is 80.2 Å². The molecule has 0 fully saturated rings. The van der Waals surface area contributed by atoms with Gasteiger partial charge < -0.3 is 33.8 Å². The molecule has 0 aliphatic carbocycles. The van der Waals surface area contributed by atoms with Crippen LogP contribution in [0.15, 0.2) is 0 Å².